The summed E-state index contributed by atoms with van der Waals surface area (Å²) in [5.41, 5.74) is 35.2. The van der Waals surface area contributed by atoms with Gasteiger partial charge in [-0.05, 0) is 32.2 Å². The number of hydrogen-bond donors (Lipinski definition) is 12. The predicted molar refractivity (Wildman–Crippen MR) is 139 cm³/mol. The molecule has 7 unspecified atom stereocenters. The average Bonchev–Trinajstić information content (AvgIpc) is 2.93. The van der Waals surface area contributed by atoms with Crippen molar-refractivity contribution in [3.63, 3.8) is 0 Å². The van der Waals surface area contributed by atoms with Crippen molar-refractivity contribution in [3.8, 4) is 0 Å². The average molecular weight is 582 g/mol. The second kappa shape index (κ2) is 14.9. The quantitative estimate of drug-likeness (QED) is 0.108. The van der Waals surface area contributed by atoms with E-state index in [0.29, 0.717) is 12.8 Å². The van der Waals surface area contributed by atoms with E-state index in [4.69, 9.17) is 53.3 Å². The monoisotopic (exact) mass is 581 g/mol. The number of nitrogens with two attached hydrogens (primary N) is 6. The van der Waals surface area contributed by atoms with Crippen molar-refractivity contribution in [2.24, 2.45) is 34.4 Å². The van der Waals surface area contributed by atoms with E-state index in [2.05, 4.69) is 5.32 Å². The molecule has 3 aliphatic rings. The van der Waals surface area contributed by atoms with Gasteiger partial charge < -0.3 is 84.2 Å². The molecule has 18 N–H and O–H groups in total. The van der Waals surface area contributed by atoms with Crippen molar-refractivity contribution in [2.75, 3.05) is 19.6 Å². The van der Waals surface area contributed by atoms with Gasteiger partial charge in [0.1, 0.15) is 42.7 Å². The van der Waals surface area contributed by atoms with Crippen LogP contribution in [0.4, 0.5) is 0 Å². The van der Waals surface area contributed by atoms with Crippen LogP contribution in [-0.4, -0.2) is 143 Å². The largest absolute Gasteiger partial charge is 0.389 e. The summed E-state index contributed by atoms with van der Waals surface area (Å²) in [6.45, 7) is 0.0166. The first-order valence-corrected chi connectivity index (χ1v) is 13.6. The van der Waals surface area contributed by atoms with Crippen LogP contribution in [0, 0.1) is 0 Å². The van der Waals surface area contributed by atoms with E-state index >= 15 is 0 Å². The molecule has 2 aliphatic heterocycles. The molecule has 17 heteroatoms. The van der Waals surface area contributed by atoms with Crippen molar-refractivity contribution in [1.29, 1.82) is 0 Å². The Hall–Kier alpha value is -1.13. The number of aliphatic hydroxyl groups is 5. The molecule has 0 aromatic heterocycles. The van der Waals surface area contributed by atoms with Gasteiger partial charge in [0.15, 0.2) is 12.6 Å². The fourth-order valence-corrected chi connectivity index (χ4v) is 5.28. The second-order valence-electron chi connectivity index (χ2n) is 10.7. The fourth-order valence-electron chi connectivity index (χ4n) is 5.28. The lowest BCUT2D eigenvalue weighted by atomic mass is 9.83. The summed E-state index contributed by atoms with van der Waals surface area (Å²) in [6, 6.07) is -3.68. The molecule has 0 radical (unpaired) electrons. The van der Waals surface area contributed by atoms with E-state index in [0.717, 1.165) is 0 Å². The summed E-state index contributed by atoms with van der Waals surface area (Å²) < 4.78 is 23.5. The summed E-state index contributed by atoms with van der Waals surface area (Å²) in [6.07, 6.45) is -12.7. The van der Waals surface area contributed by atoms with Crippen molar-refractivity contribution in [1.82, 2.24) is 5.32 Å². The number of carbonyl (C=O) groups is 1. The molecule has 2 saturated heterocycles. The minimum atomic E-state index is -1.60. The molecule has 17 nitrogen and oxygen atoms in total. The Bertz CT molecular complexity index is 805. The Labute approximate surface area is 232 Å². The standard InChI is InChI=1S/C23H47N7O10/c24-4-3-12(31)21(36)30-11-5-10(28)18(38-22-9(27)2-1-8(6-25)37-22)17(35)19(11)39-23-16(34)14(29)15(33)20(40-23)13(32)7-26/h8-20,22-23,31-35H,1-7,24-29H2,(H,30,36)/t8?,9?,10-,11+,12-,13?,14-,15+,16?,17?,18?,19+,20?,22-,23+/m0/s1. The Morgan fingerprint density at radius 2 is 1.57 bits per heavy atom. The zero-order valence-electron chi connectivity index (χ0n) is 22.4. The lowest BCUT2D eigenvalue weighted by Crippen LogP contribution is -2.69. The third-order valence-corrected chi connectivity index (χ3v) is 7.75. The highest BCUT2D eigenvalue weighted by Gasteiger charge is 2.52. The molecule has 40 heavy (non-hydrogen) atoms. The van der Waals surface area contributed by atoms with E-state index in [1.54, 1.807) is 0 Å². The highest BCUT2D eigenvalue weighted by atomic mass is 16.7. The van der Waals surface area contributed by atoms with Crippen molar-refractivity contribution in [2.45, 2.75) is 117 Å². The van der Waals surface area contributed by atoms with Crippen molar-refractivity contribution >= 4 is 5.91 Å². The van der Waals surface area contributed by atoms with Crippen molar-refractivity contribution in [3.05, 3.63) is 0 Å². The molecule has 0 spiro atoms. The van der Waals surface area contributed by atoms with E-state index in [-0.39, 0.29) is 38.6 Å². The van der Waals surface area contributed by atoms with Crippen LogP contribution in [0.2, 0.25) is 0 Å². The van der Waals surface area contributed by atoms with Gasteiger partial charge in [-0.25, -0.2) is 0 Å². The van der Waals surface area contributed by atoms with Crippen LogP contribution in [0.3, 0.4) is 0 Å². The Morgan fingerprint density at radius 3 is 2.20 bits per heavy atom. The molecule has 3 fully saturated rings. The van der Waals surface area contributed by atoms with Gasteiger partial charge >= 0.3 is 0 Å². The minimum absolute atomic E-state index is 0.00208. The number of hydrogen-bond acceptors (Lipinski definition) is 16. The molecular weight excluding hydrogens is 534 g/mol. The van der Waals surface area contributed by atoms with Gasteiger partial charge in [-0.1, -0.05) is 0 Å². The normalized spacial score (nSPS) is 44.1. The first-order valence-electron chi connectivity index (χ1n) is 13.6. The van der Waals surface area contributed by atoms with E-state index < -0.39 is 91.5 Å². The molecular formula is C23H47N7O10. The van der Waals surface area contributed by atoms with Gasteiger partial charge in [-0.2, -0.15) is 0 Å². The topological polar surface area (TPSA) is 323 Å². The molecule has 0 aromatic rings. The van der Waals surface area contributed by atoms with Crippen LogP contribution in [0.5, 0.6) is 0 Å². The first kappa shape index (κ1) is 33.4. The lowest BCUT2D eigenvalue weighted by Gasteiger charge is -2.48. The molecule has 15 atom stereocenters. The number of aliphatic hydroxyl groups excluding tert-OH is 5. The summed E-state index contributed by atoms with van der Waals surface area (Å²) in [4.78, 5) is 12.6. The van der Waals surface area contributed by atoms with Crippen LogP contribution in [0.1, 0.15) is 25.7 Å². The Balaban J connectivity index is 1.85. The maximum atomic E-state index is 12.6. The van der Waals surface area contributed by atoms with E-state index in [9.17, 15) is 30.3 Å². The van der Waals surface area contributed by atoms with Gasteiger partial charge in [0.2, 0.25) is 5.91 Å². The molecule has 1 saturated carbocycles. The maximum Gasteiger partial charge on any atom is 0.249 e. The van der Waals surface area contributed by atoms with Crippen LogP contribution in [0.15, 0.2) is 0 Å². The highest BCUT2D eigenvalue weighted by Crippen LogP contribution is 2.32. The van der Waals surface area contributed by atoms with Crippen LogP contribution in [0.25, 0.3) is 0 Å². The van der Waals surface area contributed by atoms with E-state index in [1.807, 2.05) is 0 Å². The zero-order valence-corrected chi connectivity index (χ0v) is 22.4. The molecule has 3 rings (SSSR count). The van der Waals surface area contributed by atoms with E-state index in [1.165, 1.54) is 0 Å². The molecule has 1 aliphatic carbocycles. The molecule has 1 amide bonds. The second-order valence-corrected chi connectivity index (χ2v) is 10.7. The Kier molecular flexibility index (Phi) is 12.4. The smallest absolute Gasteiger partial charge is 0.249 e. The van der Waals surface area contributed by atoms with Gasteiger partial charge in [-0.3, -0.25) is 4.79 Å². The number of rotatable bonds is 11. The van der Waals surface area contributed by atoms with Gasteiger partial charge in [0, 0.05) is 19.1 Å². The number of nitrogens with one attached hydrogen (secondary N) is 1. The predicted octanol–water partition coefficient (Wildman–Crippen LogP) is -7.07. The minimum Gasteiger partial charge on any atom is -0.389 e. The van der Waals surface area contributed by atoms with Crippen LogP contribution >= 0.6 is 0 Å². The summed E-state index contributed by atoms with van der Waals surface area (Å²) in [7, 11) is 0. The summed E-state index contributed by atoms with van der Waals surface area (Å²) in [5, 5.41) is 55.5. The fraction of sp³-hybridized carbons (Fsp3) is 0.957. The summed E-state index contributed by atoms with van der Waals surface area (Å²) >= 11 is 0. The lowest BCUT2D eigenvalue weighted by molar-refractivity contribution is -0.319. The van der Waals surface area contributed by atoms with Gasteiger partial charge in [0.05, 0.1) is 30.3 Å². The number of ether oxygens (including phenoxy) is 4. The van der Waals surface area contributed by atoms with Crippen LogP contribution < -0.4 is 39.7 Å². The third kappa shape index (κ3) is 7.63. The highest BCUT2D eigenvalue weighted by molar-refractivity contribution is 5.80. The van der Waals surface area contributed by atoms with Crippen LogP contribution in [-0.2, 0) is 23.7 Å². The first-order chi connectivity index (χ1) is 18.9. The Morgan fingerprint density at radius 1 is 0.900 bits per heavy atom. The molecule has 234 valence electrons. The third-order valence-electron chi connectivity index (χ3n) is 7.75. The SMILES string of the molecule is NCC[C@H](O)C(=O)N[C@@H]1C[C@H](N)C(O[C@@H]2OC(CN)CCC2N)C(O)[C@@H]1O[C@@H]1OC(C(O)CN)[C@H](O)[C@H](N)C1O. The molecule has 2 heterocycles. The number of amides is 1. The maximum absolute atomic E-state index is 12.6. The van der Waals surface area contributed by atoms with Gasteiger partial charge in [0.25, 0.3) is 0 Å². The molecule has 0 bridgehead atoms. The van der Waals surface area contributed by atoms with Crippen molar-refractivity contribution < 1.29 is 49.3 Å². The number of carbonyl (C=O) groups excluding carboxylic acids is 1. The van der Waals surface area contributed by atoms with Gasteiger partial charge in [-0.15, -0.1) is 0 Å². The summed E-state index contributed by atoms with van der Waals surface area (Å²) in [5.74, 6) is -0.778. The zero-order chi connectivity index (χ0) is 29.7. The molecule has 0 aromatic carbocycles.